The summed E-state index contributed by atoms with van der Waals surface area (Å²) in [6.45, 7) is 10.0. The smallest absolute Gasteiger partial charge is 0.306 e. The molecule has 0 aromatic rings. The Morgan fingerprint density at radius 1 is 0.950 bits per heavy atom. The Bertz CT molecular complexity index is 286. The van der Waals surface area contributed by atoms with Crippen LogP contribution >= 0.6 is 0 Å². The highest BCUT2D eigenvalue weighted by molar-refractivity contribution is 5.77. The second-order valence-corrected chi connectivity index (χ2v) is 5.62. The van der Waals surface area contributed by atoms with E-state index in [2.05, 4.69) is 6.92 Å². The summed E-state index contributed by atoms with van der Waals surface area (Å²) in [5.74, 6) is -0.336. The van der Waals surface area contributed by atoms with Crippen LogP contribution < -0.4 is 0 Å². The van der Waals surface area contributed by atoms with Crippen molar-refractivity contribution in [1.82, 2.24) is 0 Å². The quantitative estimate of drug-likeness (QED) is 0.572. The molecule has 0 saturated carbocycles. The minimum Gasteiger partial charge on any atom is -0.463 e. The fourth-order valence-corrected chi connectivity index (χ4v) is 1.96. The first-order chi connectivity index (χ1) is 9.40. The molecular weight excluding hydrogens is 256 g/mol. The summed E-state index contributed by atoms with van der Waals surface area (Å²) in [7, 11) is 0. The highest BCUT2D eigenvalue weighted by atomic mass is 16.5. The largest absolute Gasteiger partial charge is 0.463 e. The molecule has 0 aromatic heterocycles. The zero-order valence-electron chi connectivity index (χ0n) is 13.6. The molecular formula is C16H30O4. The molecule has 0 rings (SSSR count). The van der Waals surface area contributed by atoms with Gasteiger partial charge in [0.2, 0.25) is 0 Å². The van der Waals surface area contributed by atoms with Gasteiger partial charge >= 0.3 is 11.9 Å². The van der Waals surface area contributed by atoms with E-state index in [-0.39, 0.29) is 37.0 Å². The molecule has 0 heterocycles. The van der Waals surface area contributed by atoms with Crippen molar-refractivity contribution in [1.29, 1.82) is 0 Å². The third-order valence-corrected chi connectivity index (χ3v) is 3.26. The van der Waals surface area contributed by atoms with Crippen LogP contribution in [-0.4, -0.2) is 24.1 Å². The van der Waals surface area contributed by atoms with Gasteiger partial charge in [0.25, 0.3) is 0 Å². The van der Waals surface area contributed by atoms with E-state index in [4.69, 9.17) is 9.47 Å². The van der Waals surface area contributed by atoms with Crippen LogP contribution in [0.3, 0.4) is 0 Å². The maximum Gasteiger partial charge on any atom is 0.306 e. The van der Waals surface area contributed by atoms with E-state index in [1.807, 2.05) is 27.7 Å². The molecule has 0 fully saturated rings. The lowest BCUT2D eigenvalue weighted by Crippen LogP contribution is -2.23. The highest BCUT2D eigenvalue weighted by Gasteiger charge is 2.18. The predicted molar refractivity (Wildman–Crippen MR) is 79.3 cm³/mol. The SMILES string of the molecule is CCCCC(C)OC(=O)CCC(=O)OC(CC)C(C)C. The van der Waals surface area contributed by atoms with E-state index in [0.29, 0.717) is 5.92 Å². The predicted octanol–water partition coefficient (Wildman–Crippen LogP) is 3.87. The molecule has 0 aliphatic carbocycles. The number of esters is 2. The summed E-state index contributed by atoms with van der Waals surface area (Å²) in [6.07, 6.45) is 3.86. The van der Waals surface area contributed by atoms with Crippen molar-refractivity contribution in [2.75, 3.05) is 0 Å². The number of hydrogen-bond donors (Lipinski definition) is 0. The van der Waals surface area contributed by atoms with Crippen molar-refractivity contribution < 1.29 is 19.1 Å². The Hall–Kier alpha value is -1.06. The lowest BCUT2D eigenvalue weighted by atomic mass is 10.1. The summed E-state index contributed by atoms with van der Waals surface area (Å²) in [5, 5.41) is 0. The van der Waals surface area contributed by atoms with Crippen molar-refractivity contribution in [3.05, 3.63) is 0 Å². The first-order valence-electron chi connectivity index (χ1n) is 7.79. The van der Waals surface area contributed by atoms with Gasteiger partial charge in [-0.05, 0) is 25.7 Å². The minimum absolute atomic E-state index is 0.0676. The molecule has 0 aliphatic rings. The topological polar surface area (TPSA) is 52.6 Å². The molecule has 0 amide bonds. The molecule has 0 aliphatic heterocycles. The lowest BCUT2D eigenvalue weighted by Gasteiger charge is -2.19. The first-order valence-corrected chi connectivity index (χ1v) is 7.79. The fraction of sp³-hybridized carbons (Fsp3) is 0.875. The van der Waals surface area contributed by atoms with Crippen LogP contribution in [0.15, 0.2) is 0 Å². The standard InChI is InChI=1S/C16H30O4/c1-6-8-9-13(5)19-15(17)10-11-16(18)20-14(7-2)12(3)4/h12-14H,6-11H2,1-5H3. The Morgan fingerprint density at radius 3 is 1.95 bits per heavy atom. The van der Waals surface area contributed by atoms with Gasteiger partial charge in [-0.15, -0.1) is 0 Å². The molecule has 0 aromatic carbocycles. The normalized spacial score (nSPS) is 13.9. The summed E-state index contributed by atoms with van der Waals surface area (Å²) < 4.78 is 10.6. The molecule has 0 spiro atoms. The summed E-state index contributed by atoms with van der Waals surface area (Å²) in [5.41, 5.74) is 0. The average molecular weight is 286 g/mol. The fourth-order valence-electron chi connectivity index (χ4n) is 1.96. The number of hydrogen-bond acceptors (Lipinski definition) is 4. The van der Waals surface area contributed by atoms with Crippen molar-refractivity contribution in [3.63, 3.8) is 0 Å². The summed E-state index contributed by atoms with van der Waals surface area (Å²) in [4.78, 5) is 23.2. The van der Waals surface area contributed by atoms with Crippen LogP contribution in [0.2, 0.25) is 0 Å². The third kappa shape index (κ3) is 8.94. The number of unbranched alkanes of at least 4 members (excludes halogenated alkanes) is 1. The van der Waals surface area contributed by atoms with E-state index in [1.165, 1.54) is 0 Å². The zero-order chi connectivity index (χ0) is 15.5. The van der Waals surface area contributed by atoms with E-state index >= 15 is 0 Å². The van der Waals surface area contributed by atoms with Crippen molar-refractivity contribution >= 4 is 11.9 Å². The second-order valence-electron chi connectivity index (χ2n) is 5.62. The van der Waals surface area contributed by atoms with Crippen molar-refractivity contribution in [2.24, 2.45) is 5.92 Å². The van der Waals surface area contributed by atoms with Crippen LogP contribution in [-0.2, 0) is 19.1 Å². The summed E-state index contributed by atoms with van der Waals surface area (Å²) >= 11 is 0. The number of carbonyl (C=O) groups is 2. The lowest BCUT2D eigenvalue weighted by molar-refractivity contribution is -0.157. The molecule has 4 heteroatoms. The van der Waals surface area contributed by atoms with Crippen molar-refractivity contribution in [3.8, 4) is 0 Å². The van der Waals surface area contributed by atoms with Gasteiger partial charge in [0.05, 0.1) is 18.9 Å². The Kier molecular flexibility index (Phi) is 10.1. The molecule has 20 heavy (non-hydrogen) atoms. The molecule has 0 saturated heterocycles. The van der Waals surface area contributed by atoms with Gasteiger partial charge in [-0.3, -0.25) is 9.59 Å². The van der Waals surface area contributed by atoms with Crippen molar-refractivity contribution in [2.45, 2.75) is 85.4 Å². The van der Waals surface area contributed by atoms with E-state index in [9.17, 15) is 9.59 Å². The molecule has 0 N–H and O–H groups in total. The van der Waals surface area contributed by atoms with Gasteiger partial charge in [-0.1, -0.05) is 40.5 Å². The zero-order valence-corrected chi connectivity index (χ0v) is 13.6. The van der Waals surface area contributed by atoms with E-state index < -0.39 is 0 Å². The second kappa shape index (κ2) is 10.7. The number of rotatable bonds is 10. The Labute approximate surface area is 123 Å². The monoisotopic (exact) mass is 286 g/mol. The maximum absolute atomic E-state index is 11.6. The highest BCUT2D eigenvalue weighted by Crippen LogP contribution is 2.12. The minimum atomic E-state index is -0.317. The molecule has 0 radical (unpaired) electrons. The van der Waals surface area contributed by atoms with Crippen LogP contribution in [0, 0.1) is 5.92 Å². The molecule has 2 atom stereocenters. The van der Waals surface area contributed by atoms with Gasteiger partial charge in [0.1, 0.15) is 6.10 Å². The third-order valence-electron chi connectivity index (χ3n) is 3.26. The maximum atomic E-state index is 11.6. The van der Waals surface area contributed by atoms with Crippen LogP contribution in [0.1, 0.15) is 73.1 Å². The Balaban J connectivity index is 3.91. The molecule has 4 nitrogen and oxygen atoms in total. The molecule has 0 bridgehead atoms. The summed E-state index contributed by atoms with van der Waals surface area (Å²) in [6, 6.07) is 0. The number of carbonyl (C=O) groups excluding carboxylic acids is 2. The average Bonchev–Trinajstić information content (AvgIpc) is 2.39. The van der Waals surface area contributed by atoms with Crippen LogP contribution in [0.4, 0.5) is 0 Å². The van der Waals surface area contributed by atoms with Gasteiger partial charge in [0, 0.05) is 0 Å². The van der Waals surface area contributed by atoms with Gasteiger partial charge < -0.3 is 9.47 Å². The first kappa shape index (κ1) is 18.9. The van der Waals surface area contributed by atoms with Gasteiger partial charge in [0.15, 0.2) is 0 Å². The van der Waals surface area contributed by atoms with Crippen LogP contribution in [0.25, 0.3) is 0 Å². The number of ether oxygens (including phenoxy) is 2. The molecule has 118 valence electrons. The Morgan fingerprint density at radius 2 is 1.50 bits per heavy atom. The van der Waals surface area contributed by atoms with E-state index in [1.54, 1.807) is 0 Å². The van der Waals surface area contributed by atoms with E-state index in [0.717, 1.165) is 25.7 Å². The van der Waals surface area contributed by atoms with Gasteiger partial charge in [-0.25, -0.2) is 0 Å². The van der Waals surface area contributed by atoms with Crippen LogP contribution in [0.5, 0.6) is 0 Å². The van der Waals surface area contributed by atoms with Gasteiger partial charge in [-0.2, -0.15) is 0 Å². The molecule has 2 unspecified atom stereocenters.